The molecule has 1 aromatic rings. The number of aliphatic hydroxyl groups excluding tert-OH is 1. The van der Waals surface area contributed by atoms with Gasteiger partial charge in [0.2, 0.25) is 11.1 Å². The maximum Gasteiger partial charge on any atom is 0.229 e. The normalized spacial score (nSPS) is 24.3. The number of hydrogen-bond donors (Lipinski definition) is 1. The van der Waals surface area contributed by atoms with Gasteiger partial charge in [-0.15, -0.1) is 0 Å². The molecule has 0 saturated carbocycles. The molecule has 2 rings (SSSR count). The molecule has 0 aromatic carbocycles. The zero-order valence-corrected chi connectivity index (χ0v) is 11.3. The summed E-state index contributed by atoms with van der Waals surface area (Å²) in [6.45, 7) is 4.82. The van der Waals surface area contributed by atoms with E-state index < -0.39 is 6.10 Å². The molecule has 0 radical (unpaired) electrons. The van der Waals surface area contributed by atoms with Gasteiger partial charge in [-0.3, -0.25) is 4.79 Å². The molecule has 2 unspecified atom stereocenters. The number of piperidine rings is 1. The van der Waals surface area contributed by atoms with Gasteiger partial charge in [0.15, 0.2) is 0 Å². The standard InChI is InChI=1S/C12H17ClN2O3/c1-7-3-4-15(6-10(7)16)11(17)5-9-8(2)14-18-12(9)13/h7,10,16H,3-6H2,1-2H3. The molecule has 1 saturated heterocycles. The van der Waals surface area contributed by atoms with E-state index in [9.17, 15) is 9.90 Å². The van der Waals surface area contributed by atoms with E-state index >= 15 is 0 Å². The first kappa shape index (κ1) is 13.4. The highest BCUT2D eigenvalue weighted by molar-refractivity contribution is 6.29. The average Bonchev–Trinajstić information content (AvgIpc) is 2.64. The highest BCUT2D eigenvalue weighted by Gasteiger charge is 2.28. The van der Waals surface area contributed by atoms with Crippen LogP contribution in [-0.4, -0.2) is 40.3 Å². The number of hydrogen-bond acceptors (Lipinski definition) is 4. The minimum Gasteiger partial charge on any atom is -0.391 e. The molecule has 6 heteroatoms. The summed E-state index contributed by atoms with van der Waals surface area (Å²) < 4.78 is 4.82. The summed E-state index contributed by atoms with van der Waals surface area (Å²) in [4.78, 5) is 13.8. The van der Waals surface area contributed by atoms with E-state index in [1.54, 1.807) is 11.8 Å². The van der Waals surface area contributed by atoms with Gasteiger partial charge < -0.3 is 14.5 Å². The number of likely N-dealkylation sites (tertiary alicyclic amines) is 1. The fourth-order valence-corrected chi connectivity index (χ4v) is 2.33. The van der Waals surface area contributed by atoms with E-state index in [-0.39, 0.29) is 23.5 Å². The lowest BCUT2D eigenvalue weighted by atomic mass is 9.95. The first-order valence-corrected chi connectivity index (χ1v) is 6.43. The highest BCUT2D eigenvalue weighted by Crippen LogP contribution is 2.22. The molecule has 1 amide bonds. The van der Waals surface area contributed by atoms with Crippen molar-refractivity contribution in [3.63, 3.8) is 0 Å². The van der Waals surface area contributed by atoms with Gasteiger partial charge in [0.1, 0.15) is 0 Å². The smallest absolute Gasteiger partial charge is 0.229 e. The van der Waals surface area contributed by atoms with Gasteiger partial charge in [-0.05, 0) is 30.9 Å². The first-order chi connectivity index (χ1) is 8.49. The second-order valence-electron chi connectivity index (χ2n) is 4.87. The third-order valence-electron chi connectivity index (χ3n) is 3.54. The Bertz CT molecular complexity index is 427. The van der Waals surface area contributed by atoms with Gasteiger partial charge in [-0.25, -0.2) is 0 Å². The van der Waals surface area contributed by atoms with Gasteiger partial charge in [0.25, 0.3) is 0 Å². The predicted octanol–water partition coefficient (Wildman–Crippen LogP) is 1.41. The number of aromatic nitrogens is 1. The zero-order chi connectivity index (χ0) is 13.3. The summed E-state index contributed by atoms with van der Waals surface area (Å²) in [6, 6.07) is 0. The number of β-amino-alcohol motifs (C(OH)–C–C–N with tert-alkyl or cyclic N) is 1. The van der Waals surface area contributed by atoms with E-state index in [0.29, 0.717) is 24.3 Å². The third-order valence-corrected chi connectivity index (χ3v) is 3.83. The summed E-state index contributed by atoms with van der Waals surface area (Å²) in [5.41, 5.74) is 1.27. The van der Waals surface area contributed by atoms with Crippen LogP contribution in [0, 0.1) is 12.8 Å². The molecular formula is C12H17ClN2O3. The van der Waals surface area contributed by atoms with Crippen molar-refractivity contribution < 1.29 is 14.4 Å². The summed E-state index contributed by atoms with van der Waals surface area (Å²) in [6.07, 6.45) is 0.556. The molecule has 1 N–H and O–H groups in total. The van der Waals surface area contributed by atoms with Crippen LogP contribution in [0.4, 0.5) is 0 Å². The molecule has 100 valence electrons. The van der Waals surface area contributed by atoms with Crippen LogP contribution in [0.25, 0.3) is 0 Å². The second-order valence-corrected chi connectivity index (χ2v) is 5.21. The number of rotatable bonds is 2. The minimum absolute atomic E-state index is 0.0471. The molecule has 5 nitrogen and oxygen atoms in total. The monoisotopic (exact) mass is 272 g/mol. The van der Waals surface area contributed by atoms with Crippen LogP contribution < -0.4 is 0 Å². The number of halogens is 1. The number of aryl methyl sites for hydroxylation is 1. The maximum atomic E-state index is 12.1. The highest BCUT2D eigenvalue weighted by atomic mass is 35.5. The Morgan fingerprint density at radius 1 is 1.67 bits per heavy atom. The van der Waals surface area contributed by atoms with Crippen LogP contribution in [0.2, 0.25) is 5.22 Å². The molecule has 18 heavy (non-hydrogen) atoms. The molecule has 1 fully saturated rings. The van der Waals surface area contributed by atoms with Crippen molar-refractivity contribution in [2.45, 2.75) is 32.8 Å². The van der Waals surface area contributed by atoms with Gasteiger partial charge in [-0.2, -0.15) is 0 Å². The maximum absolute atomic E-state index is 12.1. The molecule has 2 atom stereocenters. The molecule has 0 aliphatic carbocycles. The summed E-state index contributed by atoms with van der Waals surface area (Å²) in [5.74, 6) is 0.198. The Morgan fingerprint density at radius 2 is 2.39 bits per heavy atom. The Balaban J connectivity index is 2.01. The van der Waals surface area contributed by atoms with E-state index in [1.165, 1.54) is 0 Å². The molecule has 1 aliphatic rings. The summed E-state index contributed by atoms with van der Waals surface area (Å²) >= 11 is 5.83. The largest absolute Gasteiger partial charge is 0.391 e. The SMILES string of the molecule is Cc1noc(Cl)c1CC(=O)N1CCC(C)C(O)C1. The topological polar surface area (TPSA) is 66.6 Å². The number of carbonyl (C=O) groups excluding carboxylic acids is 1. The predicted molar refractivity (Wildman–Crippen MR) is 66.3 cm³/mol. The molecule has 0 bridgehead atoms. The Labute approximate surface area is 111 Å². The van der Waals surface area contributed by atoms with E-state index in [1.807, 2.05) is 6.92 Å². The van der Waals surface area contributed by atoms with Crippen molar-refractivity contribution >= 4 is 17.5 Å². The van der Waals surface area contributed by atoms with Gasteiger partial charge in [0.05, 0.1) is 18.2 Å². The fraction of sp³-hybridized carbons (Fsp3) is 0.667. The average molecular weight is 273 g/mol. The van der Waals surface area contributed by atoms with E-state index in [2.05, 4.69) is 5.16 Å². The molecule has 1 aliphatic heterocycles. The molecule has 1 aromatic heterocycles. The summed E-state index contributed by atoms with van der Waals surface area (Å²) in [5, 5.41) is 13.7. The van der Waals surface area contributed by atoms with Crippen LogP contribution in [0.5, 0.6) is 0 Å². The minimum atomic E-state index is -0.443. The molecule has 0 spiro atoms. The Hall–Kier alpha value is -1.07. The fourth-order valence-electron chi connectivity index (χ4n) is 2.10. The van der Waals surface area contributed by atoms with Crippen LogP contribution >= 0.6 is 11.6 Å². The van der Waals surface area contributed by atoms with Crippen molar-refractivity contribution in [3.8, 4) is 0 Å². The number of amides is 1. The van der Waals surface area contributed by atoms with Crippen LogP contribution in [0.3, 0.4) is 0 Å². The third kappa shape index (κ3) is 2.67. The zero-order valence-electron chi connectivity index (χ0n) is 10.5. The van der Waals surface area contributed by atoms with E-state index in [4.69, 9.17) is 16.1 Å². The number of carbonyl (C=O) groups is 1. The van der Waals surface area contributed by atoms with Crippen molar-refractivity contribution in [1.82, 2.24) is 10.1 Å². The lowest BCUT2D eigenvalue weighted by molar-refractivity contribution is -0.134. The number of aliphatic hydroxyl groups is 1. The first-order valence-electron chi connectivity index (χ1n) is 6.05. The molecular weight excluding hydrogens is 256 g/mol. The second kappa shape index (κ2) is 5.28. The lowest BCUT2D eigenvalue weighted by Crippen LogP contribution is -2.46. The van der Waals surface area contributed by atoms with Crippen LogP contribution in [0.1, 0.15) is 24.6 Å². The van der Waals surface area contributed by atoms with Gasteiger partial charge >= 0.3 is 0 Å². The van der Waals surface area contributed by atoms with Crippen molar-refractivity contribution in [1.29, 1.82) is 0 Å². The number of nitrogens with zero attached hydrogens (tertiary/aromatic N) is 2. The molecule has 2 heterocycles. The van der Waals surface area contributed by atoms with E-state index in [0.717, 1.165) is 6.42 Å². The lowest BCUT2D eigenvalue weighted by Gasteiger charge is -2.34. The Kier molecular flexibility index (Phi) is 3.92. The quantitative estimate of drug-likeness (QED) is 0.884. The Morgan fingerprint density at radius 3 is 2.94 bits per heavy atom. The van der Waals surface area contributed by atoms with Crippen molar-refractivity contribution in [3.05, 3.63) is 16.5 Å². The van der Waals surface area contributed by atoms with Crippen molar-refractivity contribution in [2.75, 3.05) is 13.1 Å². The van der Waals surface area contributed by atoms with Crippen LogP contribution in [0.15, 0.2) is 4.52 Å². The van der Waals surface area contributed by atoms with Gasteiger partial charge in [0, 0.05) is 18.7 Å². The van der Waals surface area contributed by atoms with Gasteiger partial charge in [-0.1, -0.05) is 12.1 Å². The van der Waals surface area contributed by atoms with Crippen molar-refractivity contribution in [2.24, 2.45) is 5.92 Å². The summed E-state index contributed by atoms with van der Waals surface area (Å²) in [7, 11) is 0. The van der Waals surface area contributed by atoms with Crippen LogP contribution in [-0.2, 0) is 11.2 Å².